The second-order valence-corrected chi connectivity index (χ2v) is 8.10. The highest BCUT2D eigenvalue weighted by atomic mass is 19.1. The van der Waals surface area contributed by atoms with Gasteiger partial charge in [-0.3, -0.25) is 4.79 Å². The van der Waals surface area contributed by atoms with E-state index in [9.17, 15) is 24.5 Å². The van der Waals surface area contributed by atoms with Crippen molar-refractivity contribution in [3.63, 3.8) is 0 Å². The van der Waals surface area contributed by atoms with Crippen LogP contribution in [0.2, 0.25) is 0 Å². The summed E-state index contributed by atoms with van der Waals surface area (Å²) >= 11 is 0. The first-order valence-electron chi connectivity index (χ1n) is 10.6. The first-order chi connectivity index (χ1) is 13.9. The van der Waals surface area contributed by atoms with E-state index in [-0.39, 0.29) is 24.1 Å². The molecular weight excluding hydrogens is 375 g/mol. The second-order valence-electron chi connectivity index (χ2n) is 8.10. The highest BCUT2D eigenvalue weighted by molar-refractivity contribution is 5.66. The fourth-order valence-corrected chi connectivity index (χ4v) is 4.28. The Morgan fingerprint density at radius 2 is 1.79 bits per heavy atom. The molecule has 2 rings (SSSR count). The third kappa shape index (κ3) is 8.25. The molecule has 1 aromatic carbocycles. The molecular formula is C23H33FO5. The Morgan fingerprint density at radius 3 is 2.48 bits per heavy atom. The number of aliphatic hydroxyl groups excluding tert-OH is 3. The van der Waals surface area contributed by atoms with Gasteiger partial charge in [-0.15, -0.1) is 0 Å². The van der Waals surface area contributed by atoms with E-state index in [0.717, 1.165) is 25.7 Å². The van der Waals surface area contributed by atoms with Gasteiger partial charge in [0.2, 0.25) is 0 Å². The van der Waals surface area contributed by atoms with Crippen LogP contribution < -0.4 is 0 Å². The minimum atomic E-state index is -0.774. The molecule has 0 bridgehead atoms. The number of unbranched alkanes of at least 4 members (excludes halogenated alkanes) is 3. The zero-order valence-corrected chi connectivity index (χ0v) is 16.8. The fourth-order valence-electron chi connectivity index (χ4n) is 4.28. The van der Waals surface area contributed by atoms with Crippen molar-refractivity contribution in [3.05, 3.63) is 41.7 Å². The summed E-state index contributed by atoms with van der Waals surface area (Å²) in [5, 5.41) is 39.5. The lowest BCUT2D eigenvalue weighted by Gasteiger charge is -2.24. The van der Waals surface area contributed by atoms with Gasteiger partial charge in [0.25, 0.3) is 0 Å². The summed E-state index contributed by atoms with van der Waals surface area (Å²) in [7, 11) is 0. The molecule has 0 heterocycles. The third-order valence-electron chi connectivity index (χ3n) is 5.85. The van der Waals surface area contributed by atoms with Gasteiger partial charge in [-0.2, -0.15) is 0 Å². The smallest absolute Gasteiger partial charge is 0.303 e. The summed E-state index contributed by atoms with van der Waals surface area (Å²) < 4.78 is 13.2. The van der Waals surface area contributed by atoms with Gasteiger partial charge in [0.1, 0.15) is 5.82 Å². The Labute approximate surface area is 171 Å². The molecule has 0 saturated heterocycles. The van der Waals surface area contributed by atoms with E-state index in [1.807, 2.05) is 0 Å². The number of carboxylic acids is 1. The van der Waals surface area contributed by atoms with Crippen molar-refractivity contribution < 1.29 is 29.6 Å². The number of aliphatic carboxylic acids is 1. The van der Waals surface area contributed by atoms with Crippen LogP contribution in [0.4, 0.5) is 4.39 Å². The lowest BCUT2D eigenvalue weighted by molar-refractivity contribution is -0.137. The molecule has 29 heavy (non-hydrogen) atoms. The minimum Gasteiger partial charge on any atom is -0.481 e. The summed E-state index contributed by atoms with van der Waals surface area (Å²) in [6.45, 7) is 0. The minimum absolute atomic E-state index is 0.00359. The van der Waals surface area contributed by atoms with Crippen molar-refractivity contribution >= 4 is 12.0 Å². The topological polar surface area (TPSA) is 98.0 Å². The SMILES string of the molecule is O=C(O)CCCCCC[C@@H]1C(CCC(O)C=Cc2cccc(F)c2)[C@H](O)C[C@@H]1O. The van der Waals surface area contributed by atoms with E-state index in [1.165, 1.54) is 12.1 Å². The molecule has 0 aliphatic heterocycles. The summed E-state index contributed by atoms with van der Waals surface area (Å²) in [5.41, 5.74) is 0.682. The van der Waals surface area contributed by atoms with Gasteiger partial charge >= 0.3 is 5.97 Å². The van der Waals surface area contributed by atoms with Crippen LogP contribution in [-0.2, 0) is 4.79 Å². The van der Waals surface area contributed by atoms with E-state index in [0.29, 0.717) is 31.2 Å². The Bertz CT molecular complexity index is 662. The molecule has 5 nitrogen and oxygen atoms in total. The molecule has 1 saturated carbocycles. The third-order valence-corrected chi connectivity index (χ3v) is 5.85. The Morgan fingerprint density at radius 1 is 1.10 bits per heavy atom. The van der Waals surface area contributed by atoms with Crippen LogP contribution in [0.25, 0.3) is 6.08 Å². The normalized spacial score (nSPS) is 25.5. The fraction of sp³-hybridized carbons (Fsp3) is 0.609. The molecule has 2 unspecified atom stereocenters. The molecule has 5 atom stereocenters. The summed E-state index contributed by atoms with van der Waals surface area (Å²) in [6.07, 6.45) is 7.27. The number of carbonyl (C=O) groups is 1. The predicted octanol–water partition coefficient (Wildman–Crippen LogP) is 3.76. The standard InChI is InChI=1S/C23H33FO5/c24-17-7-5-6-16(14-17)10-11-18(25)12-13-20-19(21(26)15-22(20)27)8-3-1-2-4-9-23(28)29/h5-7,10-11,14,18-22,25-27H,1-4,8-9,12-13,15H2,(H,28,29)/t18?,19-,20?,21+,22-/m1/s1. The monoisotopic (exact) mass is 408 g/mol. The Kier molecular flexibility index (Phi) is 9.78. The first-order valence-corrected chi connectivity index (χ1v) is 10.6. The van der Waals surface area contributed by atoms with E-state index >= 15 is 0 Å². The van der Waals surface area contributed by atoms with Crippen LogP contribution in [0, 0.1) is 17.7 Å². The van der Waals surface area contributed by atoms with Crippen molar-refractivity contribution in [1.82, 2.24) is 0 Å². The van der Waals surface area contributed by atoms with Gasteiger partial charge < -0.3 is 20.4 Å². The van der Waals surface area contributed by atoms with Crippen molar-refractivity contribution in [3.8, 4) is 0 Å². The lowest BCUT2D eigenvalue weighted by Crippen LogP contribution is -2.23. The quantitative estimate of drug-likeness (QED) is 0.395. The van der Waals surface area contributed by atoms with Gasteiger partial charge in [-0.25, -0.2) is 4.39 Å². The second kappa shape index (κ2) is 12.1. The maximum atomic E-state index is 13.2. The van der Waals surface area contributed by atoms with Crippen molar-refractivity contribution in [1.29, 1.82) is 0 Å². The Balaban J connectivity index is 1.76. The van der Waals surface area contributed by atoms with Gasteiger partial charge in [0, 0.05) is 6.42 Å². The highest BCUT2D eigenvalue weighted by Gasteiger charge is 2.40. The molecule has 6 heteroatoms. The largest absolute Gasteiger partial charge is 0.481 e. The molecule has 1 aliphatic rings. The van der Waals surface area contributed by atoms with Crippen molar-refractivity contribution in [2.75, 3.05) is 0 Å². The lowest BCUT2D eigenvalue weighted by atomic mass is 9.85. The van der Waals surface area contributed by atoms with Gasteiger partial charge in [0.15, 0.2) is 0 Å². The first kappa shape index (κ1) is 23.5. The Hall–Kier alpha value is -1.76. The van der Waals surface area contributed by atoms with Crippen molar-refractivity contribution in [2.24, 2.45) is 11.8 Å². The van der Waals surface area contributed by atoms with Crippen molar-refractivity contribution in [2.45, 2.75) is 76.1 Å². The van der Waals surface area contributed by atoms with Gasteiger partial charge in [-0.05, 0) is 61.6 Å². The molecule has 162 valence electrons. The van der Waals surface area contributed by atoms with E-state index in [1.54, 1.807) is 24.3 Å². The van der Waals surface area contributed by atoms with E-state index in [2.05, 4.69) is 0 Å². The molecule has 4 N–H and O–H groups in total. The molecule has 1 aliphatic carbocycles. The number of hydrogen-bond donors (Lipinski definition) is 4. The number of carboxylic acid groups (broad SMARTS) is 1. The van der Waals surface area contributed by atoms with Crippen LogP contribution >= 0.6 is 0 Å². The molecule has 0 amide bonds. The van der Waals surface area contributed by atoms with E-state index in [4.69, 9.17) is 5.11 Å². The van der Waals surface area contributed by atoms with Crippen LogP contribution in [0.5, 0.6) is 0 Å². The molecule has 0 spiro atoms. The van der Waals surface area contributed by atoms with Crippen LogP contribution in [-0.4, -0.2) is 44.7 Å². The van der Waals surface area contributed by atoms with Gasteiger partial charge in [0.05, 0.1) is 18.3 Å². The summed E-state index contributed by atoms with van der Waals surface area (Å²) in [5.74, 6) is -1.15. The average Bonchev–Trinajstić information content (AvgIpc) is 2.93. The maximum absolute atomic E-state index is 13.2. The molecule has 1 aromatic rings. The molecule has 0 aromatic heterocycles. The summed E-state index contributed by atoms with van der Waals surface area (Å²) in [6, 6.07) is 6.14. The van der Waals surface area contributed by atoms with Gasteiger partial charge in [-0.1, -0.05) is 43.5 Å². The van der Waals surface area contributed by atoms with Crippen LogP contribution in [0.1, 0.15) is 63.4 Å². The number of hydrogen-bond acceptors (Lipinski definition) is 4. The average molecular weight is 409 g/mol. The van der Waals surface area contributed by atoms with E-state index < -0.39 is 24.3 Å². The number of halogens is 1. The summed E-state index contributed by atoms with van der Waals surface area (Å²) in [4.78, 5) is 10.5. The molecule has 1 fully saturated rings. The predicted molar refractivity (Wildman–Crippen MR) is 110 cm³/mol. The number of benzene rings is 1. The highest BCUT2D eigenvalue weighted by Crippen LogP contribution is 2.39. The zero-order valence-electron chi connectivity index (χ0n) is 16.8. The zero-order chi connectivity index (χ0) is 21.2. The number of aliphatic hydroxyl groups is 3. The van der Waals surface area contributed by atoms with Crippen LogP contribution in [0.3, 0.4) is 0 Å². The maximum Gasteiger partial charge on any atom is 0.303 e. The number of rotatable bonds is 12. The van der Waals surface area contributed by atoms with Crippen LogP contribution in [0.15, 0.2) is 30.3 Å². The molecule has 0 radical (unpaired) electrons.